The molecule has 1 unspecified atom stereocenters. The highest BCUT2D eigenvalue weighted by Crippen LogP contribution is 2.24. The number of aromatic nitrogens is 3. The summed E-state index contributed by atoms with van der Waals surface area (Å²) in [6.45, 7) is 0. The summed E-state index contributed by atoms with van der Waals surface area (Å²) in [5.74, 6) is 0.667. The zero-order valence-electron chi connectivity index (χ0n) is 10.5. The number of nitrogens with two attached hydrogens (primary N) is 1. The first-order valence-corrected chi connectivity index (χ1v) is 6.70. The van der Waals surface area contributed by atoms with Gasteiger partial charge in [0.2, 0.25) is 0 Å². The number of rotatable bonds is 5. The molecular formula is C12H15N5OS. The maximum atomic E-state index is 8.90. The highest BCUT2D eigenvalue weighted by molar-refractivity contribution is 7.99. The van der Waals surface area contributed by atoms with E-state index in [9.17, 15) is 0 Å². The number of nitrogens with zero attached hydrogens (tertiary/aromatic N) is 4. The van der Waals surface area contributed by atoms with Crippen molar-refractivity contribution >= 4 is 17.6 Å². The van der Waals surface area contributed by atoms with Gasteiger partial charge in [-0.25, -0.2) is 0 Å². The van der Waals surface area contributed by atoms with Crippen LogP contribution in [0.15, 0.2) is 47.0 Å². The van der Waals surface area contributed by atoms with E-state index in [1.165, 1.54) is 11.8 Å². The van der Waals surface area contributed by atoms with Crippen molar-refractivity contribution in [2.45, 2.75) is 11.1 Å². The first-order chi connectivity index (χ1) is 9.22. The molecule has 7 heteroatoms. The van der Waals surface area contributed by atoms with E-state index in [4.69, 9.17) is 10.9 Å². The van der Waals surface area contributed by atoms with Crippen molar-refractivity contribution in [1.82, 2.24) is 14.8 Å². The fourth-order valence-corrected chi connectivity index (χ4v) is 2.70. The molecule has 0 aliphatic rings. The minimum absolute atomic E-state index is 0.159. The Morgan fingerprint density at radius 3 is 2.79 bits per heavy atom. The summed E-state index contributed by atoms with van der Waals surface area (Å²) in [5, 5.41) is 20.6. The van der Waals surface area contributed by atoms with Gasteiger partial charge in [-0.2, -0.15) is 0 Å². The van der Waals surface area contributed by atoms with Crippen LogP contribution < -0.4 is 5.73 Å². The third-order valence-corrected chi connectivity index (χ3v) is 3.85. The van der Waals surface area contributed by atoms with E-state index in [-0.39, 0.29) is 11.8 Å². The van der Waals surface area contributed by atoms with E-state index < -0.39 is 0 Å². The van der Waals surface area contributed by atoms with Gasteiger partial charge in [0.25, 0.3) is 0 Å². The van der Waals surface area contributed by atoms with Gasteiger partial charge in [-0.3, -0.25) is 0 Å². The van der Waals surface area contributed by atoms with Gasteiger partial charge in [0.1, 0.15) is 12.2 Å². The van der Waals surface area contributed by atoms with Crippen LogP contribution in [0.25, 0.3) is 0 Å². The van der Waals surface area contributed by atoms with Gasteiger partial charge >= 0.3 is 0 Å². The van der Waals surface area contributed by atoms with Crippen LogP contribution in [0.2, 0.25) is 0 Å². The second kappa shape index (κ2) is 6.24. The summed E-state index contributed by atoms with van der Waals surface area (Å²) in [6.07, 6.45) is 1.64. The second-order valence-corrected chi connectivity index (χ2v) is 5.01. The van der Waals surface area contributed by atoms with Gasteiger partial charge in [-0.15, -0.1) is 10.2 Å². The van der Waals surface area contributed by atoms with E-state index in [2.05, 4.69) is 15.4 Å². The lowest BCUT2D eigenvalue weighted by atomic mass is 10.0. The third kappa shape index (κ3) is 3.25. The van der Waals surface area contributed by atoms with Gasteiger partial charge in [0, 0.05) is 12.8 Å². The molecule has 0 spiro atoms. The molecule has 1 aromatic heterocycles. The number of hydrogen-bond donors (Lipinski definition) is 2. The molecule has 6 nitrogen and oxygen atoms in total. The standard InChI is InChI=1S/C12H15N5OS/c1-17-8-14-15-12(17)19-7-10(11(13)16-18)9-5-3-2-4-6-9/h2-6,8,10,18H,7H2,1H3,(H2,13,16). The summed E-state index contributed by atoms with van der Waals surface area (Å²) in [5.41, 5.74) is 6.78. The van der Waals surface area contributed by atoms with Crippen molar-refractivity contribution in [2.75, 3.05) is 5.75 Å². The van der Waals surface area contributed by atoms with Gasteiger partial charge in [0.15, 0.2) is 5.16 Å². The SMILES string of the molecule is Cn1cnnc1SCC(C(N)=NO)c1ccccc1. The Bertz CT molecular complexity index is 554. The lowest BCUT2D eigenvalue weighted by molar-refractivity contribution is 0.316. The molecule has 0 saturated heterocycles. The van der Waals surface area contributed by atoms with Crippen molar-refractivity contribution in [2.24, 2.45) is 17.9 Å². The molecule has 0 fully saturated rings. The minimum atomic E-state index is -0.159. The highest BCUT2D eigenvalue weighted by atomic mass is 32.2. The maximum Gasteiger partial charge on any atom is 0.190 e. The Balaban J connectivity index is 2.14. The van der Waals surface area contributed by atoms with Crippen LogP contribution in [0.4, 0.5) is 0 Å². The van der Waals surface area contributed by atoms with Crippen molar-refractivity contribution in [3.05, 3.63) is 42.2 Å². The van der Waals surface area contributed by atoms with Gasteiger partial charge in [0.05, 0.1) is 5.92 Å². The largest absolute Gasteiger partial charge is 0.409 e. The number of benzene rings is 1. The van der Waals surface area contributed by atoms with Crippen molar-refractivity contribution in [3.8, 4) is 0 Å². The Morgan fingerprint density at radius 1 is 1.47 bits per heavy atom. The molecule has 0 bridgehead atoms. The predicted octanol–water partition coefficient (Wildman–Crippen LogP) is 1.44. The van der Waals surface area contributed by atoms with E-state index in [1.54, 1.807) is 6.33 Å². The van der Waals surface area contributed by atoms with Gasteiger partial charge in [-0.05, 0) is 5.56 Å². The van der Waals surface area contributed by atoms with E-state index in [0.29, 0.717) is 5.75 Å². The van der Waals surface area contributed by atoms with Crippen molar-refractivity contribution in [1.29, 1.82) is 0 Å². The average Bonchev–Trinajstić information content (AvgIpc) is 2.85. The number of thioether (sulfide) groups is 1. The molecule has 2 aromatic rings. The first kappa shape index (κ1) is 13.4. The number of hydrogen-bond acceptors (Lipinski definition) is 5. The molecule has 1 atom stereocenters. The normalized spacial score (nSPS) is 13.4. The summed E-state index contributed by atoms with van der Waals surface area (Å²) in [4.78, 5) is 0. The average molecular weight is 277 g/mol. The summed E-state index contributed by atoms with van der Waals surface area (Å²) >= 11 is 1.52. The fraction of sp³-hybridized carbons (Fsp3) is 0.250. The predicted molar refractivity (Wildman–Crippen MR) is 74.3 cm³/mol. The molecule has 0 aliphatic carbocycles. The summed E-state index contributed by atoms with van der Waals surface area (Å²) in [6, 6.07) is 9.71. The van der Waals surface area contributed by atoms with E-state index >= 15 is 0 Å². The molecule has 3 N–H and O–H groups in total. The van der Waals surface area contributed by atoms with Crippen molar-refractivity contribution < 1.29 is 5.21 Å². The van der Waals surface area contributed by atoms with Crippen LogP contribution in [-0.2, 0) is 7.05 Å². The van der Waals surface area contributed by atoms with E-state index in [1.807, 2.05) is 41.9 Å². The molecule has 0 saturated carbocycles. The quantitative estimate of drug-likeness (QED) is 0.284. The molecule has 0 amide bonds. The lowest BCUT2D eigenvalue weighted by Crippen LogP contribution is -2.24. The zero-order chi connectivity index (χ0) is 13.7. The lowest BCUT2D eigenvalue weighted by Gasteiger charge is -2.15. The molecule has 1 aromatic carbocycles. The molecule has 0 radical (unpaired) electrons. The van der Waals surface area contributed by atoms with Crippen LogP contribution in [0, 0.1) is 0 Å². The topological polar surface area (TPSA) is 89.3 Å². The van der Waals surface area contributed by atoms with Crippen LogP contribution >= 0.6 is 11.8 Å². The highest BCUT2D eigenvalue weighted by Gasteiger charge is 2.18. The van der Waals surface area contributed by atoms with Crippen LogP contribution in [-0.4, -0.2) is 31.6 Å². The van der Waals surface area contributed by atoms with E-state index in [0.717, 1.165) is 10.7 Å². The van der Waals surface area contributed by atoms with Gasteiger partial charge < -0.3 is 15.5 Å². The Hall–Kier alpha value is -2.02. The Kier molecular flexibility index (Phi) is 4.40. The zero-order valence-corrected chi connectivity index (χ0v) is 11.3. The molecule has 19 heavy (non-hydrogen) atoms. The molecule has 2 rings (SSSR count). The summed E-state index contributed by atoms with van der Waals surface area (Å²) in [7, 11) is 1.88. The minimum Gasteiger partial charge on any atom is -0.409 e. The number of amidine groups is 1. The maximum absolute atomic E-state index is 8.90. The third-order valence-electron chi connectivity index (χ3n) is 2.72. The van der Waals surface area contributed by atoms with Crippen LogP contribution in [0.5, 0.6) is 0 Å². The molecule has 1 heterocycles. The fourth-order valence-electron chi connectivity index (χ4n) is 1.67. The number of oxime groups is 1. The smallest absolute Gasteiger partial charge is 0.190 e. The summed E-state index contributed by atoms with van der Waals surface area (Å²) < 4.78 is 1.83. The first-order valence-electron chi connectivity index (χ1n) is 5.71. The number of aryl methyl sites for hydroxylation is 1. The molecular weight excluding hydrogens is 262 g/mol. The molecule has 100 valence electrons. The monoisotopic (exact) mass is 277 g/mol. The van der Waals surface area contributed by atoms with Crippen molar-refractivity contribution in [3.63, 3.8) is 0 Å². The Morgan fingerprint density at radius 2 is 2.21 bits per heavy atom. The van der Waals surface area contributed by atoms with Gasteiger partial charge in [-0.1, -0.05) is 47.2 Å². The Labute approximate surface area is 115 Å². The molecule has 0 aliphatic heterocycles. The van der Waals surface area contributed by atoms with Crippen LogP contribution in [0.1, 0.15) is 11.5 Å². The second-order valence-electron chi connectivity index (χ2n) is 4.02. The van der Waals surface area contributed by atoms with Crippen LogP contribution in [0.3, 0.4) is 0 Å².